The van der Waals surface area contributed by atoms with Gasteiger partial charge in [-0.2, -0.15) is 5.26 Å². The summed E-state index contributed by atoms with van der Waals surface area (Å²) in [5, 5.41) is 18.1. The maximum absolute atomic E-state index is 14.6. The number of hydrogen-bond donors (Lipinski definition) is 1. The van der Waals surface area contributed by atoms with E-state index in [4.69, 9.17) is 10.4 Å². The highest BCUT2D eigenvalue weighted by Gasteiger charge is 2.21. The van der Waals surface area contributed by atoms with Gasteiger partial charge in [-0.3, -0.25) is 0 Å². The smallest absolute Gasteiger partial charge is 0.195 e. The Kier molecular flexibility index (Phi) is 4.78. The zero-order chi connectivity index (χ0) is 18.8. The van der Waals surface area contributed by atoms with Crippen LogP contribution in [0.1, 0.15) is 5.56 Å². The Morgan fingerprint density at radius 3 is 2.65 bits per heavy atom. The highest BCUT2D eigenvalue weighted by Crippen LogP contribution is 2.36. The molecule has 26 heavy (non-hydrogen) atoms. The standard InChI is InChI=1S/C19H14F3N3O/c1-25(5-6-26)19-16-13(8-15(20)17(21)18(16)22)14(10-24-19)12-4-2-3-11(7-12)9-23/h2-4,7-8,10,26H,5-6H2,1H3. The van der Waals surface area contributed by atoms with E-state index in [1.54, 1.807) is 31.3 Å². The number of hydrogen-bond acceptors (Lipinski definition) is 4. The molecule has 0 unspecified atom stereocenters. The molecule has 7 heteroatoms. The Hall–Kier alpha value is -3.11. The van der Waals surface area contributed by atoms with Gasteiger partial charge in [0.25, 0.3) is 0 Å². The highest BCUT2D eigenvalue weighted by molar-refractivity contribution is 6.02. The molecule has 3 aromatic rings. The first-order chi connectivity index (χ1) is 12.5. The average molecular weight is 357 g/mol. The summed E-state index contributed by atoms with van der Waals surface area (Å²) in [6.07, 6.45) is 1.42. The van der Waals surface area contributed by atoms with Crippen LogP contribution in [-0.4, -0.2) is 30.3 Å². The summed E-state index contributed by atoms with van der Waals surface area (Å²) in [6.45, 7) is -0.0687. The summed E-state index contributed by atoms with van der Waals surface area (Å²) in [6, 6.07) is 9.39. The second-order valence-corrected chi connectivity index (χ2v) is 5.74. The van der Waals surface area contributed by atoms with Gasteiger partial charge < -0.3 is 10.0 Å². The molecule has 1 heterocycles. The van der Waals surface area contributed by atoms with Crippen LogP contribution in [-0.2, 0) is 0 Å². The fourth-order valence-corrected chi connectivity index (χ4v) is 2.82. The second kappa shape index (κ2) is 7.02. The fraction of sp³-hybridized carbons (Fsp3) is 0.158. The summed E-state index contributed by atoms with van der Waals surface area (Å²) in [5.41, 5.74) is 1.28. The lowest BCUT2D eigenvalue weighted by atomic mass is 9.98. The second-order valence-electron chi connectivity index (χ2n) is 5.74. The van der Waals surface area contributed by atoms with Gasteiger partial charge in [0.1, 0.15) is 5.82 Å². The SMILES string of the molecule is CN(CCO)c1ncc(-c2cccc(C#N)c2)c2cc(F)c(F)c(F)c12. The molecule has 0 radical (unpaired) electrons. The predicted octanol–water partition coefficient (Wildman–Crippen LogP) is 3.62. The number of aromatic nitrogens is 1. The van der Waals surface area contributed by atoms with E-state index in [0.717, 1.165) is 6.07 Å². The zero-order valence-corrected chi connectivity index (χ0v) is 13.8. The van der Waals surface area contributed by atoms with E-state index in [-0.39, 0.29) is 29.7 Å². The lowest BCUT2D eigenvalue weighted by molar-refractivity contribution is 0.304. The summed E-state index contributed by atoms with van der Waals surface area (Å²) in [5.74, 6) is -4.15. The number of anilines is 1. The van der Waals surface area contributed by atoms with Crippen LogP contribution in [0.4, 0.5) is 19.0 Å². The molecule has 0 saturated heterocycles. The van der Waals surface area contributed by atoms with Crippen molar-refractivity contribution in [3.8, 4) is 17.2 Å². The molecule has 0 aliphatic carbocycles. The molecule has 4 nitrogen and oxygen atoms in total. The Labute approximate surface area is 147 Å². The number of nitriles is 1. The quantitative estimate of drug-likeness (QED) is 0.725. The number of nitrogens with zero attached hydrogens (tertiary/aromatic N) is 3. The van der Waals surface area contributed by atoms with Crippen LogP contribution in [0.5, 0.6) is 0 Å². The first-order valence-corrected chi connectivity index (χ1v) is 7.76. The van der Waals surface area contributed by atoms with Crippen LogP contribution in [0.3, 0.4) is 0 Å². The van der Waals surface area contributed by atoms with E-state index >= 15 is 0 Å². The van der Waals surface area contributed by atoms with Crippen LogP contribution in [0.25, 0.3) is 21.9 Å². The summed E-state index contributed by atoms with van der Waals surface area (Å²) in [7, 11) is 1.56. The lowest BCUT2D eigenvalue weighted by Crippen LogP contribution is -2.23. The van der Waals surface area contributed by atoms with Gasteiger partial charge in [0.15, 0.2) is 17.5 Å². The van der Waals surface area contributed by atoms with Gasteiger partial charge in [-0.25, -0.2) is 18.2 Å². The topological polar surface area (TPSA) is 60.1 Å². The minimum atomic E-state index is -1.58. The minimum absolute atomic E-state index is 0.0886. The van der Waals surface area contributed by atoms with Gasteiger partial charge in [0.2, 0.25) is 0 Å². The van der Waals surface area contributed by atoms with Gasteiger partial charge >= 0.3 is 0 Å². The van der Waals surface area contributed by atoms with Crippen molar-refractivity contribution in [3.05, 3.63) is 59.5 Å². The number of rotatable bonds is 4. The number of aliphatic hydroxyl groups excluding tert-OH is 1. The fourth-order valence-electron chi connectivity index (χ4n) is 2.82. The number of halogens is 3. The molecule has 0 bridgehead atoms. The first kappa shape index (κ1) is 17.7. The van der Waals surface area contributed by atoms with Crippen molar-refractivity contribution >= 4 is 16.6 Å². The number of pyridine rings is 1. The predicted molar refractivity (Wildman–Crippen MR) is 92.1 cm³/mol. The van der Waals surface area contributed by atoms with Crippen LogP contribution in [0, 0.1) is 28.8 Å². The Balaban J connectivity index is 2.36. The molecule has 0 fully saturated rings. The third-order valence-electron chi connectivity index (χ3n) is 4.09. The number of aliphatic hydroxyl groups is 1. The van der Waals surface area contributed by atoms with E-state index in [1.165, 1.54) is 11.1 Å². The van der Waals surface area contributed by atoms with Crippen molar-refractivity contribution in [3.63, 3.8) is 0 Å². The molecular formula is C19H14F3N3O. The maximum Gasteiger partial charge on any atom is 0.195 e. The highest BCUT2D eigenvalue weighted by atomic mass is 19.2. The van der Waals surface area contributed by atoms with Crippen molar-refractivity contribution in [1.82, 2.24) is 4.98 Å². The monoisotopic (exact) mass is 357 g/mol. The normalized spacial score (nSPS) is 10.8. The average Bonchev–Trinajstić information content (AvgIpc) is 2.65. The van der Waals surface area contributed by atoms with E-state index in [0.29, 0.717) is 16.7 Å². The largest absolute Gasteiger partial charge is 0.395 e. The Morgan fingerprint density at radius 1 is 1.19 bits per heavy atom. The molecule has 0 amide bonds. The molecule has 0 aliphatic heterocycles. The van der Waals surface area contributed by atoms with Crippen molar-refractivity contribution in [2.24, 2.45) is 0 Å². The molecule has 0 atom stereocenters. The van der Waals surface area contributed by atoms with Crippen molar-refractivity contribution in [2.75, 3.05) is 25.1 Å². The van der Waals surface area contributed by atoms with Crippen LogP contribution in [0.15, 0.2) is 36.5 Å². The van der Waals surface area contributed by atoms with Crippen molar-refractivity contribution < 1.29 is 18.3 Å². The van der Waals surface area contributed by atoms with Crippen LogP contribution in [0.2, 0.25) is 0 Å². The van der Waals surface area contributed by atoms with Gasteiger partial charge in [-0.15, -0.1) is 0 Å². The molecule has 132 valence electrons. The van der Waals surface area contributed by atoms with Crippen LogP contribution >= 0.6 is 0 Å². The molecular weight excluding hydrogens is 343 g/mol. The first-order valence-electron chi connectivity index (χ1n) is 7.76. The summed E-state index contributed by atoms with van der Waals surface area (Å²) >= 11 is 0. The zero-order valence-electron chi connectivity index (χ0n) is 13.8. The van der Waals surface area contributed by atoms with E-state index in [1.807, 2.05) is 6.07 Å². The van der Waals surface area contributed by atoms with Crippen molar-refractivity contribution in [2.45, 2.75) is 0 Å². The molecule has 0 saturated carbocycles. The number of fused-ring (bicyclic) bond motifs is 1. The molecule has 3 rings (SSSR count). The summed E-state index contributed by atoms with van der Waals surface area (Å²) in [4.78, 5) is 5.65. The number of likely N-dealkylation sites (N-methyl/N-ethyl adjacent to an activating group) is 1. The molecule has 1 aromatic heterocycles. The van der Waals surface area contributed by atoms with E-state index in [2.05, 4.69) is 4.98 Å². The molecule has 2 aromatic carbocycles. The maximum atomic E-state index is 14.6. The van der Waals surface area contributed by atoms with Gasteiger partial charge in [0, 0.05) is 30.7 Å². The summed E-state index contributed by atoms with van der Waals surface area (Å²) < 4.78 is 42.3. The minimum Gasteiger partial charge on any atom is -0.395 e. The van der Waals surface area contributed by atoms with E-state index in [9.17, 15) is 13.2 Å². The van der Waals surface area contributed by atoms with Gasteiger partial charge in [-0.05, 0) is 23.8 Å². The molecule has 1 N–H and O–H groups in total. The Morgan fingerprint density at radius 2 is 1.96 bits per heavy atom. The Bertz CT molecular complexity index is 1030. The molecule has 0 spiro atoms. The van der Waals surface area contributed by atoms with Gasteiger partial charge in [-0.1, -0.05) is 12.1 Å². The van der Waals surface area contributed by atoms with E-state index < -0.39 is 17.5 Å². The third kappa shape index (κ3) is 2.95. The van der Waals surface area contributed by atoms with Gasteiger partial charge in [0.05, 0.1) is 23.6 Å². The van der Waals surface area contributed by atoms with Crippen LogP contribution < -0.4 is 4.90 Å². The lowest BCUT2D eigenvalue weighted by Gasteiger charge is -2.20. The number of benzene rings is 2. The molecule has 0 aliphatic rings. The third-order valence-corrected chi connectivity index (χ3v) is 4.09. The van der Waals surface area contributed by atoms with Crippen molar-refractivity contribution in [1.29, 1.82) is 5.26 Å².